The number of anilines is 1. The van der Waals surface area contributed by atoms with Gasteiger partial charge in [0.15, 0.2) is 5.58 Å². The van der Waals surface area contributed by atoms with Gasteiger partial charge in [0.1, 0.15) is 5.82 Å². The molecule has 106 valence electrons. The molecule has 0 atom stereocenters. The zero-order valence-electron chi connectivity index (χ0n) is 11.3. The molecule has 0 amide bonds. The number of piperidine rings is 1. The average molecular weight is 337 g/mol. The van der Waals surface area contributed by atoms with Crippen molar-refractivity contribution in [3.63, 3.8) is 0 Å². The van der Waals surface area contributed by atoms with Gasteiger partial charge in [-0.2, -0.15) is 0 Å². The minimum atomic E-state index is 0.432. The Morgan fingerprint density at radius 2 is 2.10 bits per heavy atom. The van der Waals surface area contributed by atoms with Crippen LogP contribution in [0.15, 0.2) is 27.4 Å². The number of rotatable bonds is 1. The van der Waals surface area contributed by atoms with E-state index in [1.807, 2.05) is 12.3 Å². The van der Waals surface area contributed by atoms with Crippen molar-refractivity contribution in [2.75, 3.05) is 31.2 Å². The Morgan fingerprint density at radius 3 is 2.85 bits per heavy atom. The number of hydrogen-bond donors (Lipinski definition) is 0. The summed E-state index contributed by atoms with van der Waals surface area (Å²) in [4.78, 5) is 6.99. The van der Waals surface area contributed by atoms with Gasteiger partial charge in [-0.15, -0.1) is 0 Å². The van der Waals surface area contributed by atoms with Gasteiger partial charge < -0.3 is 14.1 Å². The van der Waals surface area contributed by atoms with E-state index in [9.17, 15) is 0 Å². The number of pyridine rings is 1. The highest BCUT2D eigenvalue weighted by Gasteiger charge is 2.38. The van der Waals surface area contributed by atoms with Gasteiger partial charge in [-0.05, 0) is 46.7 Å². The maximum Gasteiger partial charge on any atom is 0.153 e. The summed E-state index contributed by atoms with van der Waals surface area (Å²) in [5.74, 6) is 1.05. The molecule has 2 fully saturated rings. The Labute approximate surface area is 126 Å². The van der Waals surface area contributed by atoms with Crippen molar-refractivity contribution >= 4 is 32.7 Å². The second kappa shape index (κ2) is 4.74. The van der Waals surface area contributed by atoms with Gasteiger partial charge in [-0.1, -0.05) is 0 Å². The van der Waals surface area contributed by atoms with Gasteiger partial charge in [0.05, 0.1) is 22.7 Å². The summed E-state index contributed by atoms with van der Waals surface area (Å²) in [7, 11) is 0. The van der Waals surface area contributed by atoms with Crippen LogP contribution in [0.4, 0.5) is 5.82 Å². The molecule has 0 bridgehead atoms. The van der Waals surface area contributed by atoms with Crippen molar-refractivity contribution in [2.24, 2.45) is 5.41 Å². The molecule has 2 aromatic rings. The molecule has 4 nitrogen and oxygen atoms in total. The second-order valence-electron chi connectivity index (χ2n) is 5.88. The van der Waals surface area contributed by atoms with Crippen LogP contribution in [0.3, 0.4) is 0 Å². The summed E-state index contributed by atoms with van der Waals surface area (Å²) in [5.41, 5.74) is 1.32. The molecule has 0 N–H and O–H groups in total. The number of aromatic nitrogens is 1. The zero-order chi connectivity index (χ0) is 13.6. The van der Waals surface area contributed by atoms with Crippen molar-refractivity contribution in [3.05, 3.63) is 23.0 Å². The van der Waals surface area contributed by atoms with Crippen LogP contribution in [0.1, 0.15) is 19.3 Å². The first-order chi connectivity index (χ1) is 9.77. The van der Waals surface area contributed by atoms with E-state index in [-0.39, 0.29) is 0 Å². The summed E-state index contributed by atoms with van der Waals surface area (Å²) >= 11 is 3.49. The molecule has 5 heteroatoms. The molecular weight excluding hydrogens is 320 g/mol. The van der Waals surface area contributed by atoms with E-state index in [0.717, 1.165) is 47.6 Å². The van der Waals surface area contributed by atoms with Gasteiger partial charge in [0.25, 0.3) is 0 Å². The lowest BCUT2D eigenvalue weighted by Crippen LogP contribution is -2.40. The smallest absolute Gasteiger partial charge is 0.153 e. The maximum absolute atomic E-state index is 5.60. The normalized spacial score (nSPS) is 21.9. The molecule has 0 saturated carbocycles. The first-order valence-electron chi connectivity index (χ1n) is 7.12. The van der Waals surface area contributed by atoms with E-state index in [2.05, 4.69) is 25.8 Å². The predicted octanol–water partition coefficient (Wildman–Crippen LogP) is 3.60. The molecule has 2 aliphatic rings. The number of nitrogens with zero attached hydrogens (tertiary/aromatic N) is 2. The van der Waals surface area contributed by atoms with E-state index in [0.29, 0.717) is 5.41 Å². The maximum atomic E-state index is 5.60. The van der Waals surface area contributed by atoms with E-state index in [1.165, 1.54) is 19.3 Å². The number of furan rings is 1. The molecular formula is C15H17BrN2O2. The first kappa shape index (κ1) is 12.7. The fourth-order valence-electron chi connectivity index (χ4n) is 3.40. The largest absolute Gasteiger partial charge is 0.463 e. The Hall–Kier alpha value is -1.07. The standard InChI is InChI=1S/C15H17BrN2O2/c16-12-9-17-14(11-1-7-20-13(11)12)18-5-2-15(3-6-18)4-8-19-10-15/h1,7,9H,2-6,8,10H2. The highest BCUT2D eigenvalue weighted by atomic mass is 79.9. The predicted molar refractivity (Wildman–Crippen MR) is 81.0 cm³/mol. The Bertz CT molecular complexity index is 624. The summed E-state index contributed by atoms with van der Waals surface area (Å²) in [6.07, 6.45) is 7.19. The van der Waals surface area contributed by atoms with Gasteiger partial charge in [0, 0.05) is 25.9 Å². The molecule has 4 heterocycles. The van der Waals surface area contributed by atoms with Crippen LogP contribution in [-0.2, 0) is 4.74 Å². The Kier molecular flexibility index (Phi) is 3.00. The van der Waals surface area contributed by atoms with E-state index in [4.69, 9.17) is 9.15 Å². The molecule has 20 heavy (non-hydrogen) atoms. The van der Waals surface area contributed by atoms with Gasteiger partial charge >= 0.3 is 0 Å². The van der Waals surface area contributed by atoms with Crippen molar-refractivity contribution in [3.8, 4) is 0 Å². The fourth-order valence-corrected chi connectivity index (χ4v) is 3.81. The lowest BCUT2D eigenvalue weighted by atomic mass is 9.78. The van der Waals surface area contributed by atoms with Crippen molar-refractivity contribution < 1.29 is 9.15 Å². The SMILES string of the molecule is Brc1cnc(N2CCC3(CCOC3)CC2)c2ccoc12. The van der Waals surface area contributed by atoms with Crippen molar-refractivity contribution in [2.45, 2.75) is 19.3 Å². The van der Waals surface area contributed by atoms with Crippen LogP contribution in [0.5, 0.6) is 0 Å². The molecule has 0 aliphatic carbocycles. The monoisotopic (exact) mass is 336 g/mol. The molecule has 4 rings (SSSR count). The summed E-state index contributed by atoms with van der Waals surface area (Å²) in [5, 5.41) is 1.10. The Balaban J connectivity index is 1.61. The van der Waals surface area contributed by atoms with E-state index in [1.54, 1.807) is 6.26 Å². The summed E-state index contributed by atoms with van der Waals surface area (Å²) in [6, 6.07) is 2.01. The third-order valence-electron chi connectivity index (χ3n) is 4.73. The van der Waals surface area contributed by atoms with Crippen LogP contribution < -0.4 is 4.90 Å². The second-order valence-corrected chi connectivity index (χ2v) is 6.74. The van der Waals surface area contributed by atoms with E-state index < -0.39 is 0 Å². The third kappa shape index (κ3) is 1.95. The lowest BCUT2D eigenvalue weighted by Gasteiger charge is -2.39. The highest BCUT2D eigenvalue weighted by molar-refractivity contribution is 9.10. The zero-order valence-corrected chi connectivity index (χ0v) is 12.9. The average Bonchev–Trinajstić information content (AvgIpc) is 3.11. The lowest BCUT2D eigenvalue weighted by molar-refractivity contribution is 0.133. The minimum absolute atomic E-state index is 0.432. The number of halogens is 1. The van der Waals surface area contributed by atoms with Crippen LogP contribution in [-0.4, -0.2) is 31.3 Å². The Morgan fingerprint density at radius 1 is 1.25 bits per heavy atom. The molecule has 0 radical (unpaired) electrons. The fraction of sp³-hybridized carbons (Fsp3) is 0.533. The highest BCUT2D eigenvalue weighted by Crippen LogP contribution is 2.41. The van der Waals surface area contributed by atoms with Crippen LogP contribution in [0.25, 0.3) is 11.0 Å². The first-order valence-corrected chi connectivity index (χ1v) is 7.91. The van der Waals surface area contributed by atoms with E-state index >= 15 is 0 Å². The molecule has 1 spiro atoms. The number of fused-ring (bicyclic) bond motifs is 1. The van der Waals surface area contributed by atoms with Gasteiger partial charge in [-0.25, -0.2) is 4.98 Å². The van der Waals surface area contributed by atoms with Crippen molar-refractivity contribution in [1.29, 1.82) is 0 Å². The van der Waals surface area contributed by atoms with Gasteiger partial charge in [0.2, 0.25) is 0 Å². The third-order valence-corrected chi connectivity index (χ3v) is 5.30. The van der Waals surface area contributed by atoms with Gasteiger partial charge in [-0.3, -0.25) is 0 Å². The number of hydrogen-bond acceptors (Lipinski definition) is 4. The quantitative estimate of drug-likeness (QED) is 0.797. The molecule has 0 unspecified atom stereocenters. The molecule has 0 aromatic carbocycles. The van der Waals surface area contributed by atoms with Crippen LogP contribution in [0.2, 0.25) is 0 Å². The topological polar surface area (TPSA) is 38.5 Å². The van der Waals surface area contributed by atoms with Crippen LogP contribution in [0, 0.1) is 5.41 Å². The summed E-state index contributed by atoms with van der Waals surface area (Å²) < 4.78 is 12.1. The number of ether oxygens (including phenoxy) is 1. The molecule has 2 aliphatic heterocycles. The minimum Gasteiger partial charge on any atom is -0.463 e. The van der Waals surface area contributed by atoms with Crippen LogP contribution >= 0.6 is 15.9 Å². The molecule has 2 saturated heterocycles. The molecule has 2 aromatic heterocycles. The summed E-state index contributed by atoms with van der Waals surface area (Å²) in [6.45, 7) is 3.98. The van der Waals surface area contributed by atoms with Crippen molar-refractivity contribution in [1.82, 2.24) is 4.98 Å².